The Labute approximate surface area is 106 Å². The maximum Gasteiger partial charge on any atom is 0.142 e. The lowest BCUT2D eigenvalue weighted by atomic mass is 9.99. The summed E-state index contributed by atoms with van der Waals surface area (Å²) in [5, 5.41) is 9.06. The zero-order valence-electron chi connectivity index (χ0n) is 9.50. The SMILES string of the molecule is N#CC1CCCN(Cc2ccc(Cl)c(F)c2)C1. The van der Waals surface area contributed by atoms with Gasteiger partial charge in [-0.25, -0.2) is 4.39 Å². The van der Waals surface area contributed by atoms with Crippen molar-refractivity contribution in [3.63, 3.8) is 0 Å². The largest absolute Gasteiger partial charge is 0.298 e. The Morgan fingerprint density at radius 2 is 2.35 bits per heavy atom. The molecule has 0 saturated carbocycles. The molecule has 1 saturated heterocycles. The van der Waals surface area contributed by atoms with Crippen molar-refractivity contribution in [2.45, 2.75) is 19.4 Å². The highest BCUT2D eigenvalue weighted by Gasteiger charge is 2.19. The van der Waals surface area contributed by atoms with Crippen molar-refractivity contribution in [3.05, 3.63) is 34.6 Å². The molecular formula is C13H14ClFN2. The lowest BCUT2D eigenvalue weighted by molar-refractivity contribution is 0.192. The van der Waals surface area contributed by atoms with Gasteiger partial charge in [-0.15, -0.1) is 0 Å². The van der Waals surface area contributed by atoms with Gasteiger partial charge in [-0.05, 0) is 37.1 Å². The van der Waals surface area contributed by atoms with Crippen molar-refractivity contribution in [3.8, 4) is 6.07 Å². The molecule has 2 nitrogen and oxygen atoms in total. The molecule has 2 rings (SSSR count). The van der Waals surface area contributed by atoms with Crippen LogP contribution in [0.1, 0.15) is 18.4 Å². The molecule has 17 heavy (non-hydrogen) atoms. The molecule has 1 aliphatic heterocycles. The maximum atomic E-state index is 13.3. The third-order valence-electron chi connectivity index (χ3n) is 3.08. The molecule has 90 valence electrons. The van der Waals surface area contributed by atoms with Crippen LogP contribution in [-0.2, 0) is 6.54 Å². The van der Waals surface area contributed by atoms with Gasteiger partial charge in [0.25, 0.3) is 0 Å². The van der Waals surface area contributed by atoms with Gasteiger partial charge >= 0.3 is 0 Å². The highest BCUT2D eigenvalue weighted by Crippen LogP contribution is 2.20. The van der Waals surface area contributed by atoms with E-state index >= 15 is 0 Å². The summed E-state index contributed by atoms with van der Waals surface area (Å²) < 4.78 is 13.3. The predicted octanol–water partition coefficient (Wildman–Crippen LogP) is 3.21. The quantitative estimate of drug-likeness (QED) is 0.808. The Morgan fingerprint density at radius 3 is 3.06 bits per heavy atom. The topological polar surface area (TPSA) is 27.0 Å². The number of nitrogens with zero attached hydrogens (tertiary/aromatic N) is 2. The summed E-state index contributed by atoms with van der Waals surface area (Å²) in [6, 6.07) is 7.19. The number of benzene rings is 1. The predicted molar refractivity (Wildman–Crippen MR) is 65.0 cm³/mol. The van der Waals surface area contributed by atoms with Crippen molar-refractivity contribution < 1.29 is 4.39 Å². The van der Waals surface area contributed by atoms with E-state index in [9.17, 15) is 4.39 Å². The molecule has 1 aliphatic rings. The number of likely N-dealkylation sites (tertiary alicyclic amines) is 1. The Hall–Kier alpha value is -1.11. The van der Waals surface area contributed by atoms with Gasteiger partial charge in [0, 0.05) is 13.1 Å². The zero-order chi connectivity index (χ0) is 12.3. The van der Waals surface area contributed by atoms with Gasteiger partial charge in [0.05, 0.1) is 17.0 Å². The van der Waals surface area contributed by atoms with Gasteiger partial charge in [0.15, 0.2) is 0 Å². The van der Waals surface area contributed by atoms with Crippen molar-refractivity contribution in [2.24, 2.45) is 5.92 Å². The third kappa shape index (κ3) is 3.18. The Balaban J connectivity index is 2.00. The van der Waals surface area contributed by atoms with Crippen LogP contribution >= 0.6 is 11.6 Å². The molecule has 4 heteroatoms. The number of hydrogen-bond acceptors (Lipinski definition) is 2. The van der Waals surface area contributed by atoms with Gasteiger partial charge in [0.2, 0.25) is 0 Å². The normalized spacial score (nSPS) is 21.1. The fourth-order valence-electron chi connectivity index (χ4n) is 2.20. The van der Waals surface area contributed by atoms with Gasteiger partial charge in [-0.1, -0.05) is 17.7 Å². The fraction of sp³-hybridized carbons (Fsp3) is 0.462. The maximum absolute atomic E-state index is 13.3. The highest BCUT2D eigenvalue weighted by atomic mass is 35.5. The number of hydrogen-bond donors (Lipinski definition) is 0. The van der Waals surface area contributed by atoms with Crippen LogP contribution in [0.2, 0.25) is 5.02 Å². The molecule has 0 amide bonds. The van der Waals surface area contributed by atoms with Crippen LogP contribution < -0.4 is 0 Å². The van der Waals surface area contributed by atoms with Gasteiger partial charge in [0.1, 0.15) is 5.82 Å². The van der Waals surface area contributed by atoms with Gasteiger partial charge in [-0.3, -0.25) is 4.90 Å². The van der Waals surface area contributed by atoms with Crippen molar-refractivity contribution in [1.29, 1.82) is 5.26 Å². The fourth-order valence-corrected chi connectivity index (χ4v) is 2.32. The molecular weight excluding hydrogens is 239 g/mol. The summed E-state index contributed by atoms with van der Waals surface area (Å²) >= 11 is 5.64. The number of halogens is 2. The minimum absolute atomic E-state index is 0.112. The molecule has 0 aliphatic carbocycles. The first-order valence-electron chi connectivity index (χ1n) is 5.75. The summed E-state index contributed by atoms with van der Waals surface area (Å²) in [6.45, 7) is 2.44. The van der Waals surface area contributed by atoms with E-state index in [1.165, 1.54) is 6.07 Å². The first-order valence-corrected chi connectivity index (χ1v) is 6.12. The number of rotatable bonds is 2. The van der Waals surface area contributed by atoms with E-state index in [1.54, 1.807) is 6.07 Å². The summed E-state index contributed by atoms with van der Waals surface area (Å²) in [5.41, 5.74) is 0.908. The number of piperidine rings is 1. The van der Waals surface area contributed by atoms with E-state index in [0.717, 1.165) is 31.5 Å². The second kappa shape index (κ2) is 5.48. The Bertz CT molecular complexity index is 442. The highest BCUT2D eigenvalue weighted by molar-refractivity contribution is 6.30. The van der Waals surface area contributed by atoms with Crippen LogP contribution in [0.5, 0.6) is 0 Å². The second-order valence-electron chi connectivity index (χ2n) is 4.45. The minimum Gasteiger partial charge on any atom is -0.298 e. The summed E-state index contributed by atoms with van der Waals surface area (Å²) in [5.74, 6) is -0.265. The van der Waals surface area contributed by atoms with E-state index in [4.69, 9.17) is 16.9 Å². The van der Waals surface area contributed by atoms with Gasteiger partial charge < -0.3 is 0 Å². The summed E-state index contributed by atoms with van der Waals surface area (Å²) in [4.78, 5) is 2.19. The molecule has 1 aromatic rings. The summed E-state index contributed by atoms with van der Waals surface area (Å²) in [6.07, 6.45) is 2.01. The average Bonchev–Trinajstić information content (AvgIpc) is 2.34. The molecule has 0 spiro atoms. The molecule has 1 fully saturated rings. The molecule has 1 atom stereocenters. The first-order chi connectivity index (χ1) is 8.19. The lowest BCUT2D eigenvalue weighted by Crippen LogP contribution is -2.34. The second-order valence-corrected chi connectivity index (χ2v) is 4.86. The molecule has 0 aromatic heterocycles. The molecule has 0 N–H and O–H groups in total. The Kier molecular flexibility index (Phi) is 3.98. The van der Waals surface area contributed by atoms with Crippen LogP contribution in [0.4, 0.5) is 4.39 Å². The minimum atomic E-state index is -0.377. The van der Waals surface area contributed by atoms with Crippen molar-refractivity contribution in [2.75, 3.05) is 13.1 Å². The summed E-state index contributed by atoms with van der Waals surface area (Å²) in [7, 11) is 0. The van der Waals surface area contributed by atoms with Crippen LogP contribution in [-0.4, -0.2) is 18.0 Å². The van der Waals surface area contributed by atoms with E-state index in [1.807, 2.05) is 6.07 Å². The van der Waals surface area contributed by atoms with Crippen LogP contribution in [0.3, 0.4) is 0 Å². The lowest BCUT2D eigenvalue weighted by Gasteiger charge is -2.29. The van der Waals surface area contributed by atoms with Gasteiger partial charge in [-0.2, -0.15) is 5.26 Å². The van der Waals surface area contributed by atoms with Crippen molar-refractivity contribution >= 4 is 11.6 Å². The molecule has 0 bridgehead atoms. The average molecular weight is 253 g/mol. The molecule has 1 unspecified atom stereocenters. The van der Waals surface area contributed by atoms with E-state index in [-0.39, 0.29) is 16.8 Å². The number of nitriles is 1. The van der Waals surface area contributed by atoms with Crippen LogP contribution in [0, 0.1) is 23.1 Å². The van der Waals surface area contributed by atoms with Crippen LogP contribution in [0.15, 0.2) is 18.2 Å². The smallest absolute Gasteiger partial charge is 0.142 e. The molecule has 1 heterocycles. The molecule has 1 aromatic carbocycles. The molecule has 0 radical (unpaired) electrons. The van der Waals surface area contributed by atoms with E-state index in [2.05, 4.69) is 11.0 Å². The van der Waals surface area contributed by atoms with E-state index in [0.29, 0.717) is 6.54 Å². The van der Waals surface area contributed by atoms with E-state index < -0.39 is 0 Å². The monoisotopic (exact) mass is 252 g/mol. The standard InChI is InChI=1S/C13H14ClFN2/c14-12-4-3-10(6-13(12)15)8-17-5-1-2-11(7-16)9-17/h3-4,6,11H,1-2,5,8-9H2. The van der Waals surface area contributed by atoms with Crippen LogP contribution in [0.25, 0.3) is 0 Å². The van der Waals surface area contributed by atoms with Crippen molar-refractivity contribution in [1.82, 2.24) is 4.90 Å². The third-order valence-corrected chi connectivity index (χ3v) is 3.38. The first kappa shape index (κ1) is 12.3. The zero-order valence-corrected chi connectivity index (χ0v) is 10.3. The Morgan fingerprint density at radius 1 is 1.53 bits per heavy atom.